The Labute approximate surface area is 262 Å². The van der Waals surface area contributed by atoms with Crippen molar-refractivity contribution in [3.63, 3.8) is 0 Å². The fourth-order valence-electron chi connectivity index (χ4n) is 4.15. The van der Waals surface area contributed by atoms with E-state index < -0.39 is 52.8 Å². The first kappa shape index (κ1) is 32.3. The summed E-state index contributed by atoms with van der Waals surface area (Å²) in [7, 11) is 0. The number of carbonyl (C=O) groups excluding carboxylic acids is 5. The molecule has 12 heteroatoms. The molecule has 2 saturated carbocycles. The zero-order valence-electron chi connectivity index (χ0n) is 23.0. The highest BCUT2D eigenvalue weighted by Crippen LogP contribution is 2.45. The third-order valence-electron chi connectivity index (χ3n) is 6.87. The van der Waals surface area contributed by atoms with Crippen LogP contribution in [0.15, 0.2) is 36.4 Å². The van der Waals surface area contributed by atoms with Crippen molar-refractivity contribution in [3.05, 3.63) is 74.2 Å². The maximum atomic E-state index is 13.0. The molecule has 1 radical (unpaired) electrons. The fraction of sp³-hybridized carbons (Fsp3) is 0.400. The van der Waals surface area contributed by atoms with Gasteiger partial charge in [-0.1, -0.05) is 46.4 Å². The number of ketones is 2. The van der Waals surface area contributed by atoms with Crippen molar-refractivity contribution in [2.75, 3.05) is 0 Å². The number of carbonyl (C=O) groups is 5. The Kier molecular flexibility index (Phi) is 9.34. The minimum Gasteiger partial charge on any atom is -0.449 e. The van der Waals surface area contributed by atoms with Crippen LogP contribution >= 0.6 is 46.4 Å². The summed E-state index contributed by atoms with van der Waals surface area (Å²) in [6, 6.07) is 8.86. The molecule has 0 bridgehead atoms. The molecule has 42 heavy (non-hydrogen) atoms. The molecule has 0 heterocycles. The van der Waals surface area contributed by atoms with Crippen LogP contribution in [-0.4, -0.2) is 35.3 Å². The monoisotopic (exact) mass is 655 g/mol. The number of benzene rings is 2. The van der Waals surface area contributed by atoms with Gasteiger partial charge in [0.05, 0.1) is 37.3 Å². The van der Waals surface area contributed by atoms with Gasteiger partial charge in [-0.2, -0.15) is 0 Å². The molecule has 2 fully saturated rings. The molecule has 4 rings (SSSR count). The number of rotatable bonds is 10. The second-order valence-corrected chi connectivity index (χ2v) is 13.1. The molecule has 2 aliphatic carbocycles. The number of Topliss-reactive ketones (excluding diaryl/α,β-unsaturated/α-hetero) is 2. The SMILES string of the molecule is CC([CH]OC(=O)[C@H]1C[C@@H]1C(=O)c1ccc(Cl)c(Cl)c1)(OC(=O)[C@H]1C[C@@H]1C(=O)c1ccc(Cl)c(Cl)c1)OC(=O)C(C)(C)C. The molecule has 2 aromatic carbocycles. The molecule has 2 aromatic rings. The average Bonchev–Trinajstić information content (AvgIpc) is 3.83. The van der Waals surface area contributed by atoms with E-state index in [1.165, 1.54) is 43.3 Å². The van der Waals surface area contributed by atoms with Gasteiger partial charge in [0.1, 0.15) is 0 Å². The molecule has 8 nitrogen and oxygen atoms in total. The molecule has 2 aliphatic rings. The highest BCUT2D eigenvalue weighted by atomic mass is 35.5. The summed E-state index contributed by atoms with van der Waals surface area (Å²) in [5.41, 5.74) is -0.381. The molecule has 0 aromatic heterocycles. The summed E-state index contributed by atoms with van der Waals surface area (Å²) < 4.78 is 16.2. The van der Waals surface area contributed by atoms with Crippen LogP contribution in [0.2, 0.25) is 20.1 Å². The number of halogens is 4. The predicted octanol–water partition coefficient (Wildman–Crippen LogP) is 7.19. The lowest BCUT2D eigenvalue weighted by Gasteiger charge is -2.30. The fourth-order valence-corrected chi connectivity index (χ4v) is 4.75. The van der Waals surface area contributed by atoms with E-state index in [-0.39, 0.29) is 39.5 Å². The summed E-state index contributed by atoms with van der Waals surface area (Å²) >= 11 is 23.8. The normalized spacial score (nSPS) is 22.4. The van der Waals surface area contributed by atoms with E-state index in [4.69, 9.17) is 60.6 Å². The van der Waals surface area contributed by atoms with Gasteiger partial charge in [-0.3, -0.25) is 24.0 Å². The van der Waals surface area contributed by atoms with Crippen LogP contribution in [0.3, 0.4) is 0 Å². The van der Waals surface area contributed by atoms with Crippen LogP contribution in [0.5, 0.6) is 0 Å². The third kappa shape index (κ3) is 7.46. The highest BCUT2D eigenvalue weighted by molar-refractivity contribution is 6.42. The Morgan fingerprint density at radius 3 is 1.55 bits per heavy atom. The van der Waals surface area contributed by atoms with E-state index in [0.29, 0.717) is 16.1 Å². The standard InChI is InChI=1S/C30H27Cl4O8/c1-29(2,3)28(39)42-30(4,41-27(38)19-12-17(19)25(36)15-6-8-21(32)23(34)10-15)13-40-26(37)18-11-16(18)24(35)14-5-7-20(31)22(33)9-14/h5-10,13,16-19H,11-12H2,1-4H3/t16-,17-,18-,19-,30?/m0/s1. The lowest BCUT2D eigenvalue weighted by Crippen LogP contribution is -2.42. The minimum atomic E-state index is -2.10. The van der Waals surface area contributed by atoms with E-state index in [1.807, 2.05) is 0 Å². The molecule has 223 valence electrons. The second-order valence-electron chi connectivity index (χ2n) is 11.5. The first-order valence-electron chi connectivity index (χ1n) is 13.0. The molecule has 0 spiro atoms. The van der Waals surface area contributed by atoms with Gasteiger partial charge in [0.15, 0.2) is 11.6 Å². The first-order chi connectivity index (χ1) is 19.5. The Morgan fingerprint density at radius 2 is 1.12 bits per heavy atom. The van der Waals surface area contributed by atoms with Crippen molar-refractivity contribution in [2.24, 2.45) is 29.1 Å². The molecule has 1 unspecified atom stereocenters. The first-order valence-corrected chi connectivity index (χ1v) is 14.5. The van der Waals surface area contributed by atoms with Crippen molar-refractivity contribution >= 4 is 75.9 Å². The van der Waals surface area contributed by atoms with Gasteiger partial charge in [0, 0.05) is 29.9 Å². The zero-order chi connectivity index (χ0) is 31.1. The highest BCUT2D eigenvalue weighted by Gasteiger charge is 2.53. The van der Waals surface area contributed by atoms with Gasteiger partial charge in [-0.15, -0.1) is 0 Å². The quantitative estimate of drug-likeness (QED) is 0.150. The van der Waals surface area contributed by atoms with Crippen molar-refractivity contribution in [2.45, 2.75) is 46.3 Å². The molecular formula is C30H27Cl4O8. The largest absolute Gasteiger partial charge is 0.449 e. The van der Waals surface area contributed by atoms with Gasteiger partial charge < -0.3 is 14.2 Å². The topological polar surface area (TPSA) is 113 Å². The van der Waals surface area contributed by atoms with Crippen LogP contribution in [0.4, 0.5) is 0 Å². The Balaban J connectivity index is 1.39. The lowest BCUT2D eigenvalue weighted by molar-refractivity contribution is -0.229. The maximum absolute atomic E-state index is 13.0. The average molecular weight is 657 g/mol. The van der Waals surface area contributed by atoms with Crippen LogP contribution < -0.4 is 0 Å². The number of hydrogen-bond acceptors (Lipinski definition) is 8. The predicted molar refractivity (Wildman–Crippen MR) is 155 cm³/mol. The number of ether oxygens (including phenoxy) is 3. The van der Waals surface area contributed by atoms with E-state index >= 15 is 0 Å². The van der Waals surface area contributed by atoms with Crippen LogP contribution in [0.25, 0.3) is 0 Å². The van der Waals surface area contributed by atoms with Crippen LogP contribution in [-0.2, 0) is 28.6 Å². The van der Waals surface area contributed by atoms with E-state index in [1.54, 1.807) is 20.8 Å². The van der Waals surface area contributed by atoms with E-state index in [0.717, 1.165) is 6.61 Å². The number of esters is 3. The molecule has 0 N–H and O–H groups in total. The Bertz CT molecular complexity index is 1470. The van der Waals surface area contributed by atoms with Gasteiger partial charge >= 0.3 is 17.9 Å². The van der Waals surface area contributed by atoms with Crippen molar-refractivity contribution in [1.82, 2.24) is 0 Å². The smallest absolute Gasteiger partial charge is 0.314 e. The van der Waals surface area contributed by atoms with E-state index in [9.17, 15) is 24.0 Å². The summed E-state index contributed by atoms with van der Waals surface area (Å²) in [6.07, 6.45) is 0.451. The van der Waals surface area contributed by atoms with Gasteiger partial charge in [0.25, 0.3) is 5.79 Å². The maximum Gasteiger partial charge on any atom is 0.314 e. The minimum absolute atomic E-state index is 0.206. The summed E-state index contributed by atoms with van der Waals surface area (Å²) in [4.78, 5) is 64.2. The van der Waals surface area contributed by atoms with Gasteiger partial charge in [0.2, 0.25) is 6.61 Å². The summed E-state index contributed by atoms with van der Waals surface area (Å²) in [6.45, 7) is 6.85. The molecule has 5 atom stereocenters. The van der Waals surface area contributed by atoms with E-state index in [2.05, 4.69) is 0 Å². The summed E-state index contributed by atoms with van der Waals surface area (Å²) in [5, 5.41) is 1.00. The Morgan fingerprint density at radius 1 is 0.667 bits per heavy atom. The lowest BCUT2D eigenvalue weighted by atomic mass is 9.97. The van der Waals surface area contributed by atoms with Gasteiger partial charge in [-0.25, -0.2) is 0 Å². The van der Waals surface area contributed by atoms with Crippen LogP contribution in [0.1, 0.15) is 61.3 Å². The van der Waals surface area contributed by atoms with Crippen molar-refractivity contribution < 1.29 is 38.2 Å². The van der Waals surface area contributed by atoms with Crippen molar-refractivity contribution in [1.29, 1.82) is 0 Å². The molecule has 0 amide bonds. The third-order valence-corrected chi connectivity index (χ3v) is 8.35. The number of hydrogen-bond donors (Lipinski definition) is 0. The Hall–Kier alpha value is -2.65. The zero-order valence-corrected chi connectivity index (χ0v) is 26.1. The summed E-state index contributed by atoms with van der Waals surface area (Å²) in [5.74, 6) is -7.88. The van der Waals surface area contributed by atoms with Crippen molar-refractivity contribution in [3.8, 4) is 0 Å². The van der Waals surface area contributed by atoms with Gasteiger partial charge in [-0.05, 0) is 70.0 Å². The van der Waals surface area contributed by atoms with Crippen LogP contribution in [0, 0.1) is 35.7 Å². The molecule has 0 aliphatic heterocycles. The second kappa shape index (κ2) is 12.2. The molecular weight excluding hydrogens is 630 g/mol. The molecule has 0 saturated heterocycles.